The highest BCUT2D eigenvalue weighted by Gasteiger charge is 2.18. The molecular weight excluding hydrogens is 350 g/mol. The number of ether oxygens (including phenoxy) is 1. The summed E-state index contributed by atoms with van der Waals surface area (Å²) in [6, 6.07) is 9.00. The van der Waals surface area contributed by atoms with Crippen LogP contribution in [0.15, 0.2) is 36.4 Å². The largest absolute Gasteiger partial charge is 0.496 e. The van der Waals surface area contributed by atoms with Crippen molar-refractivity contribution in [1.29, 1.82) is 0 Å². The fraction of sp³-hybridized carbons (Fsp3) is 0.200. The van der Waals surface area contributed by atoms with E-state index in [1.807, 2.05) is 0 Å². The minimum absolute atomic E-state index is 0.0476. The van der Waals surface area contributed by atoms with Gasteiger partial charge < -0.3 is 4.74 Å². The summed E-state index contributed by atoms with van der Waals surface area (Å²) in [7, 11) is 1.53. The second-order valence-electron chi connectivity index (χ2n) is 4.26. The molecule has 106 valence electrons. The van der Waals surface area contributed by atoms with Crippen molar-refractivity contribution in [2.75, 3.05) is 7.11 Å². The van der Waals surface area contributed by atoms with Crippen molar-refractivity contribution in [2.45, 2.75) is 11.2 Å². The highest BCUT2D eigenvalue weighted by atomic mass is 79.9. The summed E-state index contributed by atoms with van der Waals surface area (Å²) >= 11 is 9.35. The summed E-state index contributed by atoms with van der Waals surface area (Å²) in [6.45, 7) is 0. The number of halogens is 4. The molecule has 1 nitrogen and oxygen atoms in total. The van der Waals surface area contributed by atoms with E-state index in [9.17, 15) is 8.78 Å². The lowest BCUT2D eigenvalue weighted by atomic mass is 10.0. The molecule has 2 aromatic rings. The van der Waals surface area contributed by atoms with Crippen LogP contribution in [0, 0.1) is 11.6 Å². The maximum absolute atomic E-state index is 13.7. The lowest BCUT2D eigenvalue weighted by molar-refractivity contribution is 0.409. The van der Waals surface area contributed by atoms with Gasteiger partial charge in [-0.2, -0.15) is 0 Å². The molecule has 0 amide bonds. The summed E-state index contributed by atoms with van der Waals surface area (Å²) in [5.74, 6) is -0.527. The van der Waals surface area contributed by atoms with E-state index in [-0.39, 0.29) is 16.8 Å². The van der Waals surface area contributed by atoms with Crippen LogP contribution in [0.4, 0.5) is 8.78 Å². The Kier molecular flexibility index (Phi) is 5.00. The molecule has 2 rings (SSSR count). The third kappa shape index (κ3) is 3.30. The fourth-order valence-corrected chi connectivity index (χ4v) is 2.82. The van der Waals surface area contributed by atoms with Gasteiger partial charge >= 0.3 is 0 Å². The second-order valence-corrected chi connectivity index (χ2v) is 5.80. The van der Waals surface area contributed by atoms with Gasteiger partial charge in [0, 0.05) is 21.0 Å². The van der Waals surface area contributed by atoms with Crippen LogP contribution in [-0.2, 0) is 6.42 Å². The highest BCUT2D eigenvalue weighted by molar-refractivity contribution is 9.09. The Balaban J connectivity index is 2.31. The van der Waals surface area contributed by atoms with E-state index in [4.69, 9.17) is 16.3 Å². The molecule has 0 aromatic heterocycles. The average Bonchev–Trinajstić information content (AvgIpc) is 2.42. The van der Waals surface area contributed by atoms with Crippen molar-refractivity contribution in [3.05, 3.63) is 64.2 Å². The number of rotatable bonds is 4. The minimum atomic E-state index is -0.553. The molecule has 5 heteroatoms. The molecule has 0 heterocycles. The van der Waals surface area contributed by atoms with Crippen LogP contribution in [0.1, 0.15) is 16.0 Å². The first kappa shape index (κ1) is 15.3. The van der Waals surface area contributed by atoms with E-state index >= 15 is 0 Å². The lowest BCUT2D eigenvalue weighted by Gasteiger charge is -2.15. The van der Waals surface area contributed by atoms with Crippen molar-refractivity contribution in [3.8, 4) is 5.75 Å². The summed E-state index contributed by atoms with van der Waals surface area (Å²) in [5, 5.41) is 0.544. The summed E-state index contributed by atoms with van der Waals surface area (Å²) in [4.78, 5) is -0.277. The first-order valence-electron chi connectivity index (χ1n) is 5.93. The maximum Gasteiger partial charge on any atom is 0.129 e. The predicted octanol–water partition coefficient (Wildman–Crippen LogP) is 5.31. The standard InChI is InChI=1S/C15H12BrClF2O/c1-20-15-7-9(17)5-6-10(15)12(16)8-11-13(18)3-2-4-14(11)19/h2-7,12H,8H2,1H3. The molecule has 0 saturated carbocycles. The zero-order chi connectivity index (χ0) is 14.7. The summed E-state index contributed by atoms with van der Waals surface area (Å²) in [6.07, 6.45) is 0.177. The molecule has 0 fully saturated rings. The van der Waals surface area contributed by atoms with Gasteiger partial charge in [-0.3, -0.25) is 0 Å². The number of methoxy groups -OCH3 is 1. The number of alkyl halides is 1. The summed E-state index contributed by atoms with van der Waals surface area (Å²) < 4.78 is 32.6. The van der Waals surface area contributed by atoms with Crippen LogP contribution in [-0.4, -0.2) is 7.11 Å². The number of benzene rings is 2. The molecule has 0 radical (unpaired) electrons. The van der Waals surface area contributed by atoms with Gasteiger partial charge in [0.15, 0.2) is 0 Å². The molecule has 20 heavy (non-hydrogen) atoms. The molecule has 0 saturated heterocycles. The Hall–Kier alpha value is -1.13. The van der Waals surface area contributed by atoms with Gasteiger partial charge in [-0.15, -0.1) is 0 Å². The molecule has 2 aromatic carbocycles. The van der Waals surface area contributed by atoms with E-state index in [0.29, 0.717) is 10.8 Å². The number of hydrogen-bond donors (Lipinski definition) is 0. The zero-order valence-electron chi connectivity index (χ0n) is 10.7. The Labute approximate surface area is 129 Å². The molecular formula is C15H12BrClF2O. The Morgan fingerprint density at radius 1 is 1.20 bits per heavy atom. The molecule has 1 unspecified atom stereocenters. The van der Waals surface area contributed by atoms with Crippen molar-refractivity contribution in [1.82, 2.24) is 0 Å². The molecule has 0 aliphatic carbocycles. The maximum atomic E-state index is 13.7. The molecule has 1 atom stereocenters. The van der Waals surface area contributed by atoms with Crippen molar-refractivity contribution in [2.24, 2.45) is 0 Å². The van der Waals surface area contributed by atoms with E-state index in [0.717, 1.165) is 5.56 Å². The highest BCUT2D eigenvalue weighted by Crippen LogP contribution is 2.36. The Bertz CT molecular complexity index is 599. The van der Waals surface area contributed by atoms with Gasteiger partial charge in [0.2, 0.25) is 0 Å². The fourth-order valence-electron chi connectivity index (χ4n) is 1.96. The molecule has 0 bridgehead atoms. The van der Waals surface area contributed by atoms with Crippen molar-refractivity contribution in [3.63, 3.8) is 0 Å². The van der Waals surface area contributed by atoms with Crippen LogP contribution >= 0.6 is 27.5 Å². The molecule has 0 N–H and O–H groups in total. The summed E-state index contributed by atoms with van der Waals surface area (Å²) in [5.41, 5.74) is 0.839. The zero-order valence-corrected chi connectivity index (χ0v) is 13.0. The topological polar surface area (TPSA) is 9.23 Å². The van der Waals surface area contributed by atoms with E-state index in [2.05, 4.69) is 15.9 Å². The van der Waals surface area contributed by atoms with Gasteiger partial charge in [0.25, 0.3) is 0 Å². The van der Waals surface area contributed by atoms with E-state index in [1.54, 1.807) is 18.2 Å². The molecule has 0 spiro atoms. The quantitative estimate of drug-likeness (QED) is 0.671. The van der Waals surface area contributed by atoms with Crippen LogP contribution in [0.25, 0.3) is 0 Å². The number of hydrogen-bond acceptors (Lipinski definition) is 1. The SMILES string of the molecule is COc1cc(Cl)ccc1C(Br)Cc1c(F)cccc1F. The Morgan fingerprint density at radius 2 is 1.85 bits per heavy atom. The van der Waals surface area contributed by atoms with Crippen LogP contribution in [0.5, 0.6) is 5.75 Å². The van der Waals surface area contributed by atoms with Gasteiger partial charge in [0.05, 0.1) is 7.11 Å². The van der Waals surface area contributed by atoms with Crippen LogP contribution in [0.3, 0.4) is 0 Å². The molecule has 0 aliphatic rings. The van der Waals surface area contributed by atoms with Crippen molar-refractivity contribution >= 4 is 27.5 Å². The third-order valence-corrected chi connectivity index (χ3v) is 4.03. The van der Waals surface area contributed by atoms with Gasteiger partial charge in [0.1, 0.15) is 17.4 Å². The first-order valence-corrected chi connectivity index (χ1v) is 7.22. The minimum Gasteiger partial charge on any atom is -0.496 e. The second kappa shape index (κ2) is 6.55. The first-order chi connectivity index (χ1) is 9.52. The van der Waals surface area contributed by atoms with E-state index in [1.165, 1.54) is 25.3 Å². The normalized spacial score (nSPS) is 12.2. The van der Waals surface area contributed by atoms with Gasteiger partial charge in [-0.25, -0.2) is 8.78 Å². The third-order valence-electron chi connectivity index (χ3n) is 2.98. The molecule has 0 aliphatic heterocycles. The van der Waals surface area contributed by atoms with Gasteiger partial charge in [-0.05, 0) is 30.7 Å². The Morgan fingerprint density at radius 3 is 2.45 bits per heavy atom. The average molecular weight is 362 g/mol. The smallest absolute Gasteiger partial charge is 0.129 e. The van der Waals surface area contributed by atoms with Gasteiger partial charge in [-0.1, -0.05) is 39.7 Å². The monoisotopic (exact) mass is 360 g/mol. The van der Waals surface area contributed by atoms with Crippen molar-refractivity contribution < 1.29 is 13.5 Å². The van der Waals surface area contributed by atoms with Crippen LogP contribution < -0.4 is 4.74 Å². The van der Waals surface area contributed by atoms with E-state index < -0.39 is 11.6 Å². The van der Waals surface area contributed by atoms with Crippen LogP contribution in [0.2, 0.25) is 5.02 Å². The predicted molar refractivity (Wildman–Crippen MR) is 79.7 cm³/mol. The lowest BCUT2D eigenvalue weighted by Crippen LogP contribution is -2.03.